The van der Waals surface area contributed by atoms with Crippen molar-refractivity contribution in [1.29, 1.82) is 0 Å². The molecule has 1 saturated heterocycles. The van der Waals surface area contributed by atoms with E-state index in [1.54, 1.807) is 0 Å². The van der Waals surface area contributed by atoms with Crippen LogP contribution in [0.25, 0.3) is 0 Å². The maximum atomic E-state index is 12.6. The SMILES string of the molecule is CN=C(NCCCCC(C)C)NC1CCC(C(=O)N2CCSCC2)CC1. The Labute approximate surface area is 164 Å². The second-order valence-corrected chi connectivity index (χ2v) is 9.24. The highest BCUT2D eigenvalue weighted by Gasteiger charge is 2.30. The summed E-state index contributed by atoms with van der Waals surface area (Å²) >= 11 is 1.96. The molecule has 26 heavy (non-hydrogen) atoms. The molecule has 0 radical (unpaired) electrons. The van der Waals surface area contributed by atoms with Crippen LogP contribution < -0.4 is 10.6 Å². The van der Waals surface area contributed by atoms with E-state index in [1.807, 2.05) is 18.8 Å². The molecule has 2 N–H and O–H groups in total. The molecule has 1 aliphatic carbocycles. The number of carbonyl (C=O) groups excluding carboxylic acids is 1. The summed E-state index contributed by atoms with van der Waals surface area (Å²) in [4.78, 5) is 19.1. The summed E-state index contributed by atoms with van der Waals surface area (Å²) in [6.45, 7) is 7.41. The van der Waals surface area contributed by atoms with Crippen molar-refractivity contribution in [1.82, 2.24) is 15.5 Å². The number of unbranched alkanes of at least 4 members (excludes halogenated alkanes) is 1. The van der Waals surface area contributed by atoms with Gasteiger partial charge >= 0.3 is 0 Å². The molecule has 150 valence electrons. The molecule has 0 atom stereocenters. The number of amides is 1. The summed E-state index contributed by atoms with van der Waals surface area (Å²) in [7, 11) is 1.84. The number of thioether (sulfide) groups is 1. The number of aliphatic imine (C=N–C) groups is 1. The van der Waals surface area contributed by atoms with Crippen LogP contribution in [0.4, 0.5) is 0 Å². The van der Waals surface area contributed by atoms with Crippen molar-refractivity contribution in [3.8, 4) is 0 Å². The van der Waals surface area contributed by atoms with E-state index in [0.717, 1.165) is 68.7 Å². The Morgan fingerprint density at radius 2 is 1.85 bits per heavy atom. The lowest BCUT2D eigenvalue weighted by Gasteiger charge is -2.34. The first-order valence-corrected chi connectivity index (χ1v) is 11.6. The normalized spacial score (nSPS) is 24.6. The number of rotatable bonds is 7. The first kappa shape index (κ1) is 21.4. The molecule has 5 nitrogen and oxygen atoms in total. The second-order valence-electron chi connectivity index (χ2n) is 8.02. The maximum Gasteiger partial charge on any atom is 0.225 e. The molecule has 0 aromatic heterocycles. The minimum Gasteiger partial charge on any atom is -0.356 e. The van der Waals surface area contributed by atoms with Gasteiger partial charge in [0.15, 0.2) is 5.96 Å². The molecule has 0 spiro atoms. The Hall–Kier alpha value is -0.910. The van der Waals surface area contributed by atoms with Crippen LogP contribution in [0.5, 0.6) is 0 Å². The van der Waals surface area contributed by atoms with Crippen molar-refractivity contribution in [3.63, 3.8) is 0 Å². The van der Waals surface area contributed by atoms with Crippen molar-refractivity contribution in [2.24, 2.45) is 16.8 Å². The van der Waals surface area contributed by atoms with Gasteiger partial charge in [0.2, 0.25) is 5.91 Å². The van der Waals surface area contributed by atoms with Gasteiger partial charge < -0.3 is 15.5 Å². The van der Waals surface area contributed by atoms with E-state index < -0.39 is 0 Å². The van der Waals surface area contributed by atoms with Gasteiger partial charge in [0, 0.05) is 50.1 Å². The van der Waals surface area contributed by atoms with Crippen LogP contribution in [-0.4, -0.2) is 61.0 Å². The van der Waals surface area contributed by atoms with Gasteiger partial charge in [-0.15, -0.1) is 0 Å². The minimum atomic E-state index is 0.238. The largest absolute Gasteiger partial charge is 0.356 e. The first-order chi connectivity index (χ1) is 12.6. The third-order valence-electron chi connectivity index (χ3n) is 5.46. The lowest BCUT2D eigenvalue weighted by Crippen LogP contribution is -2.47. The molecule has 0 bridgehead atoms. The van der Waals surface area contributed by atoms with E-state index in [0.29, 0.717) is 11.9 Å². The molecule has 1 aliphatic heterocycles. The van der Waals surface area contributed by atoms with Gasteiger partial charge in [-0.05, 0) is 38.0 Å². The van der Waals surface area contributed by atoms with E-state index in [9.17, 15) is 4.79 Å². The predicted molar refractivity (Wildman–Crippen MR) is 113 cm³/mol. The molecule has 2 aliphatic rings. The molecular weight excluding hydrogens is 344 g/mol. The summed E-state index contributed by atoms with van der Waals surface area (Å²) in [6, 6.07) is 0.442. The monoisotopic (exact) mass is 382 g/mol. The highest BCUT2D eigenvalue weighted by Crippen LogP contribution is 2.27. The van der Waals surface area contributed by atoms with E-state index in [2.05, 4.69) is 34.4 Å². The Morgan fingerprint density at radius 3 is 2.46 bits per heavy atom. The van der Waals surface area contributed by atoms with Crippen LogP contribution >= 0.6 is 11.8 Å². The van der Waals surface area contributed by atoms with Crippen molar-refractivity contribution in [3.05, 3.63) is 0 Å². The zero-order chi connectivity index (χ0) is 18.8. The zero-order valence-electron chi connectivity index (χ0n) is 16.9. The van der Waals surface area contributed by atoms with Gasteiger partial charge in [0.25, 0.3) is 0 Å². The van der Waals surface area contributed by atoms with Crippen LogP contribution in [0.2, 0.25) is 0 Å². The molecule has 0 unspecified atom stereocenters. The Bertz CT molecular complexity index is 441. The molecule has 6 heteroatoms. The quantitative estimate of drug-likeness (QED) is 0.404. The van der Waals surface area contributed by atoms with Gasteiger partial charge in [-0.2, -0.15) is 11.8 Å². The molecule has 1 saturated carbocycles. The molecule has 0 aromatic rings. The van der Waals surface area contributed by atoms with Crippen LogP contribution in [0, 0.1) is 11.8 Å². The topological polar surface area (TPSA) is 56.7 Å². The van der Waals surface area contributed by atoms with Gasteiger partial charge in [0.1, 0.15) is 0 Å². The van der Waals surface area contributed by atoms with E-state index in [4.69, 9.17) is 0 Å². The van der Waals surface area contributed by atoms with Gasteiger partial charge in [-0.3, -0.25) is 9.79 Å². The Kier molecular flexibility index (Phi) is 9.65. The fraction of sp³-hybridized carbons (Fsp3) is 0.900. The van der Waals surface area contributed by atoms with E-state index in [1.165, 1.54) is 19.3 Å². The fourth-order valence-corrected chi connectivity index (χ4v) is 4.70. The number of nitrogens with one attached hydrogen (secondary N) is 2. The van der Waals surface area contributed by atoms with Crippen molar-refractivity contribution in [2.45, 2.75) is 64.8 Å². The average Bonchev–Trinajstić information content (AvgIpc) is 2.67. The highest BCUT2D eigenvalue weighted by atomic mass is 32.2. The third kappa shape index (κ3) is 7.37. The number of nitrogens with zero attached hydrogens (tertiary/aromatic N) is 2. The van der Waals surface area contributed by atoms with Gasteiger partial charge in [-0.25, -0.2) is 0 Å². The van der Waals surface area contributed by atoms with Crippen molar-refractivity contribution >= 4 is 23.6 Å². The Balaban J connectivity index is 1.64. The second kappa shape index (κ2) is 11.7. The van der Waals surface area contributed by atoms with Crippen molar-refractivity contribution < 1.29 is 4.79 Å². The fourth-order valence-electron chi connectivity index (χ4n) is 3.80. The molecular formula is C20H38N4OS. The average molecular weight is 383 g/mol. The van der Waals surface area contributed by atoms with Gasteiger partial charge in [-0.1, -0.05) is 26.7 Å². The summed E-state index contributed by atoms with van der Waals surface area (Å²) in [5.74, 6) is 4.54. The summed E-state index contributed by atoms with van der Waals surface area (Å²) < 4.78 is 0. The molecule has 2 rings (SSSR count). The Morgan fingerprint density at radius 1 is 1.15 bits per heavy atom. The van der Waals surface area contributed by atoms with Crippen molar-refractivity contribution in [2.75, 3.05) is 38.2 Å². The number of hydrogen-bond acceptors (Lipinski definition) is 3. The zero-order valence-corrected chi connectivity index (χ0v) is 17.7. The standard InChI is InChI=1S/C20H38N4OS/c1-16(2)6-4-5-11-22-20(21-3)23-18-9-7-17(8-10-18)19(25)24-12-14-26-15-13-24/h16-18H,4-15H2,1-3H3,(H2,21,22,23). The molecule has 1 amide bonds. The number of hydrogen-bond donors (Lipinski definition) is 2. The third-order valence-corrected chi connectivity index (χ3v) is 6.41. The van der Waals surface area contributed by atoms with Crippen LogP contribution in [0.3, 0.4) is 0 Å². The molecule has 2 fully saturated rings. The lowest BCUT2D eigenvalue weighted by atomic mass is 9.85. The van der Waals surface area contributed by atoms with Gasteiger partial charge in [0.05, 0.1) is 0 Å². The molecule has 1 heterocycles. The maximum absolute atomic E-state index is 12.6. The summed E-state index contributed by atoms with van der Waals surface area (Å²) in [5, 5.41) is 6.99. The predicted octanol–water partition coefficient (Wildman–Crippen LogP) is 3.11. The lowest BCUT2D eigenvalue weighted by molar-refractivity contribution is -0.136. The summed E-state index contributed by atoms with van der Waals surface area (Å²) in [5.41, 5.74) is 0. The van der Waals surface area contributed by atoms with Crippen LogP contribution in [0.1, 0.15) is 58.8 Å². The smallest absolute Gasteiger partial charge is 0.225 e. The number of carbonyl (C=O) groups is 1. The van der Waals surface area contributed by atoms with Crippen LogP contribution in [-0.2, 0) is 4.79 Å². The molecule has 0 aromatic carbocycles. The number of guanidine groups is 1. The van der Waals surface area contributed by atoms with E-state index in [-0.39, 0.29) is 5.92 Å². The first-order valence-electron chi connectivity index (χ1n) is 10.4. The van der Waals surface area contributed by atoms with E-state index >= 15 is 0 Å². The minimum absolute atomic E-state index is 0.238. The summed E-state index contributed by atoms with van der Waals surface area (Å²) in [6.07, 6.45) is 7.89. The highest BCUT2D eigenvalue weighted by molar-refractivity contribution is 7.99. The van der Waals surface area contributed by atoms with Crippen LogP contribution in [0.15, 0.2) is 4.99 Å².